The van der Waals surface area contributed by atoms with Gasteiger partial charge >= 0.3 is 0 Å². The van der Waals surface area contributed by atoms with Gasteiger partial charge in [-0.15, -0.1) is 19.6 Å². The molecule has 0 unspecified atom stereocenters. The third kappa shape index (κ3) is 7.72. The molecule has 0 amide bonds. The van der Waals surface area contributed by atoms with Crippen LogP contribution in [0.25, 0.3) is 0 Å². The number of rotatable bonds is 2. The van der Waals surface area contributed by atoms with Gasteiger partial charge in [0.05, 0.1) is 12.0 Å². The monoisotopic (exact) mass is 222 g/mol. The van der Waals surface area contributed by atoms with Crippen molar-refractivity contribution in [3.05, 3.63) is 43.0 Å². The molecule has 1 rings (SSSR count). The summed E-state index contributed by atoms with van der Waals surface area (Å²) in [5, 5.41) is 0. The van der Waals surface area contributed by atoms with Crippen molar-refractivity contribution >= 4 is 12.0 Å². The van der Waals surface area contributed by atoms with Crippen molar-refractivity contribution in [2.75, 3.05) is 6.26 Å². The Labute approximate surface area is 97.8 Å². The Hall–Kier alpha value is -1.33. The normalized spacial score (nSPS) is 7.07. The van der Waals surface area contributed by atoms with Crippen molar-refractivity contribution in [3.63, 3.8) is 0 Å². The minimum absolute atomic E-state index is 0.799. The third-order valence-corrected chi connectivity index (χ3v) is 1.54. The van der Waals surface area contributed by atoms with Gasteiger partial charge in [-0.25, -0.2) is 0 Å². The summed E-state index contributed by atoms with van der Waals surface area (Å²) in [4.78, 5) is 0. The maximum atomic E-state index is 5.20. The Morgan fingerprint density at radius 1 is 1.33 bits per heavy atom. The lowest BCUT2D eigenvalue weighted by Crippen LogP contribution is -1.79. The van der Waals surface area contributed by atoms with Crippen LogP contribution in [0.15, 0.2) is 37.4 Å². The summed E-state index contributed by atoms with van der Waals surface area (Å²) in [7, 11) is 0. The van der Waals surface area contributed by atoms with Crippen molar-refractivity contribution in [1.82, 2.24) is 0 Å². The topological polar surface area (TPSA) is 9.23 Å². The Kier molecular flexibility index (Phi) is 13.6. The molecule has 0 aliphatic rings. The zero-order chi connectivity index (χ0) is 12.1. The van der Waals surface area contributed by atoms with E-state index in [4.69, 9.17) is 10.6 Å². The largest absolute Gasteiger partial charge is 0.426 e. The first-order chi connectivity index (χ1) is 7.36. The Morgan fingerprint density at radius 2 is 1.93 bits per heavy atom. The summed E-state index contributed by atoms with van der Waals surface area (Å²) < 4.78 is 5.17. The second-order valence-electron chi connectivity index (χ2n) is 1.92. The van der Waals surface area contributed by atoms with Crippen LogP contribution in [-0.2, 0) is 0 Å². The molecule has 1 aromatic rings. The van der Waals surface area contributed by atoms with E-state index in [2.05, 4.69) is 19.1 Å². The van der Waals surface area contributed by atoms with Crippen LogP contribution in [0.1, 0.15) is 19.4 Å². The lowest BCUT2D eigenvalue weighted by Gasteiger charge is -1.99. The van der Waals surface area contributed by atoms with Crippen LogP contribution in [0, 0.1) is 12.3 Å². The lowest BCUT2D eigenvalue weighted by molar-refractivity contribution is 0.650. The predicted molar refractivity (Wildman–Crippen MR) is 71.1 cm³/mol. The fraction of sp³-hybridized carbons (Fsp3) is 0.231. The van der Waals surface area contributed by atoms with Crippen LogP contribution in [0.2, 0.25) is 0 Å². The molecule has 0 aromatic heterocycles. The van der Waals surface area contributed by atoms with Crippen LogP contribution in [0.5, 0.6) is 5.75 Å². The molecule has 0 bridgehead atoms. The van der Waals surface area contributed by atoms with E-state index in [0.717, 1.165) is 11.3 Å². The van der Waals surface area contributed by atoms with Gasteiger partial charge in [-0.3, -0.25) is 0 Å². The second kappa shape index (κ2) is 12.7. The van der Waals surface area contributed by atoms with E-state index in [0.29, 0.717) is 0 Å². The highest BCUT2D eigenvalue weighted by Crippen LogP contribution is 2.15. The molecular formula is C13H18OS. The van der Waals surface area contributed by atoms with Crippen molar-refractivity contribution in [2.45, 2.75) is 13.8 Å². The van der Waals surface area contributed by atoms with E-state index >= 15 is 0 Å². The highest BCUT2D eigenvalue weighted by molar-refractivity contribution is 7.94. The molecule has 0 atom stereocenters. The van der Waals surface area contributed by atoms with Crippen LogP contribution < -0.4 is 4.18 Å². The summed E-state index contributed by atoms with van der Waals surface area (Å²) in [5.74, 6) is 3.34. The number of benzene rings is 1. The number of hydrogen-bond donors (Lipinski definition) is 0. The zero-order valence-electron chi connectivity index (χ0n) is 9.62. The molecule has 82 valence electrons. The molecule has 1 nitrogen and oxygen atoms in total. The fourth-order valence-corrected chi connectivity index (χ4v) is 1.03. The summed E-state index contributed by atoms with van der Waals surface area (Å²) in [6.45, 7) is 10.0. The molecule has 0 saturated heterocycles. The van der Waals surface area contributed by atoms with Gasteiger partial charge in [0.2, 0.25) is 0 Å². The molecule has 0 aliphatic heterocycles. The van der Waals surface area contributed by atoms with Gasteiger partial charge in [0.1, 0.15) is 5.75 Å². The molecule has 0 N–H and O–H groups in total. The van der Waals surface area contributed by atoms with Crippen molar-refractivity contribution < 1.29 is 4.18 Å². The van der Waals surface area contributed by atoms with Crippen molar-refractivity contribution in [2.24, 2.45) is 0 Å². The minimum Gasteiger partial charge on any atom is -0.426 e. The Morgan fingerprint density at radius 3 is 2.40 bits per heavy atom. The van der Waals surface area contributed by atoms with Crippen LogP contribution >= 0.6 is 12.0 Å². The van der Waals surface area contributed by atoms with Gasteiger partial charge in [-0.1, -0.05) is 25.8 Å². The van der Waals surface area contributed by atoms with Crippen LogP contribution in [0.4, 0.5) is 0 Å². The molecule has 15 heavy (non-hydrogen) atoms. The van der Waals surface area contributed by atoms with E-state index in [1.165, 1.54) is 12.0 Å². The van der Waals surface area contributed by atoms with Crippen molar-refractivity contribution in [1.29, 1.82) is 0 Å². The van der Waals surface area contributed by atoms with Crippen LogP contribution in [-0.4, -0.2) is 6.26 Å². The number of terminal acetylenes is 1. The maximum absolute atomic E-state index is 5.20. The van der Waals surface area contributed by atoms with Crippen LogP contribution in [0.3, 0.4) is 0 Å². The third-order valence-electron chi connectivity index (χ3n) is 1.18. The zero-order valence-corrected chi connectivity index (χ0v) is 10.4. The van der Waals surface area contributed by atoms with Gasteiger partial charge < -0.3 is 4.18 Å². The summed E-state index contributed by atoms with van der Waals surface area (Å²) in [5.41, 5.74) is 0.844. The highest BCUT2D eigenvalue weighted by Gasteiger charge is 1.92. The molecule has 0 aliphatic carbocycles. The Bertz CT molecular complexity index is 289. The van der Waals surface area contributed by atoms with E-state index in [9.17, 15) is 0 Å². The standard InChI is InChI=1S/C9H8OS.C2H6.C2H4/c1-3-8-5-4-6-9(7-8)10-11-2;2*1-2/h1,4-7H,2H3;1-2H3;1-2H2. The summed E-state index contributed by atoms with van der Waals surface area (Å²) in [6, 6.07) is 7.45. The molecule has 1 aromatic carbocycles. The van der Waals surface area contributed by atoms with E-state index in [1.54, 1.807) is 0 Å². The highest BCUT2D eigenvalue weighted by atomic mass is 32.2. The first-order valence-electron chi connectivity index (χ1n) is 4.64. The fourth-order valence-electron chi connectivity index (χ4n) is 0.734. The SMILES string of the molecule is C#Cc1cccc(OSC)c1.C=C.CC. The average Bonchev–Trinajstić information content (AvgIpc) is 2.35. The molecule has 0 fully saturated rings. The van der Waals surface area contributed by atoms with E-state index in [1.807, 2.05) is 44.4 Å². The molecule has 0 spiro atoms. The first kappa shape index (κ1) is 16.1. The maximum Gasteiger partial charge on any atom is 0.138 e. The molecule has 0 radical (unpaired) electrons. The average molecular weight is 222 g/mol. The second-order valence-corrected chi connectivity index (χ2v) is 2.42. The summed E-state index contributed by atoms with van der Waals surface area (Å²) >= 11 is 1.31. The van der Waals surface area contributed by atoms with Gasteiger partial charge in [0.25, 0.3) is 0 Å². The minimum atomic E-state index is 0.799. The van der Waals surface area contributed by atoms with Gasteiger partial charge in [0, 0.05) is 11.8 Å². The Balaban J connectivity index is 0. The van der Waals surface area contributed by atoms with Gasteiger partial charge in [0.15, 0.2) is 0 Å². The number of hydrogen-bond acceptors (Lipinski definition) is 2. The van der Waals surface area contributed by atoms with Gasteiger partial charge in [-0.05, 0) is 18.2 Å². The summed E-state index contributed by atoms with van der Waals surface area (Å²) in [6.07, 6.45) is 7.07. The molecule has 0 heterocycles. The smallest absolute Gasteiger partial charge is 0.138 e. The predicted octanol–water partition coefficient (Wildman–Crippen LogP) is 4.15. The molecular weight excluding hydrogens is 204 g/mol. The van der Waals surface area contributed by atoms with Crippen molar-refractivity contribution in [3.8, 4) is 18.1 Å². The molecule has 0 saturated carbocycles. The van der Waals surface area contributed by atoms with Gasteiger partial charge in [-0.2, -0.15) is 0 Å². The quantitative estimate of drug-likeness (QED) is 0.422. The first-order valence-corrected chi connectivity index (χ1v) is 5.79. The molecule has 2 heteroatoms. The lowest BCUT2D eigenvalue weighted by atomic mass is 10.2. The van der Waals surface area contributed by atoms with E-state index < -0.39 is 0 Å². The van der Waals surface area contributed by atoms with E-state index in [-0.39, 0.29) is 0 Å².